The third-order valence-electron chi connectivity index (χ3n) is 6.33. The fourth-order valence-electron chi connectivity index (χ4n) is 4.80. The molecule has 168 valence electrons. The van der Waals surface area contributed by atoms with Gasteiger partial charge in [-0.3, -0.25) is 4.79 Å². The summed E-state index contributed by atoms with van der Waals surface area (Å²) in [6.45, 7) is 1.72. The van der Waals surface area contributed by atoms with Gasteiger partial charge in [0.25, 0.3) is 5.91 Å². The zero-order chi connectivity index (χ0) is 23.6. The number of hydrogen-bond donors (Lipinski definition) is 0. The van der Waals surface area contributed by atoms with Crippen molar-refractivity contribution in [1.29, 1.82) is 0 Å². The molecule has 0 fully saturated rings. The number of rotatable bonds is 2. The quantitative estimate of drug-likeness (QED) is 0.333. The number of hydrogen-bond acceptors (Lipinski definition) is 5. The third kappa shape index (κ3) is 2.79. The van der Waals surface area contributed by atoms with E-state index in [0.717, 1.165) is 0 Å². The molecule has 34 heavy (non-hydrogen) atoms. The van der Waals surface area contributed by atoms with Crippen LogP contribution in [0.3, 0.4) is 0 Å². The van der Waals surface area contributed by atoms with Gasteiger partial charge in [0.15, 0.2) is 0 Å². The first-order valence-corrected chi connectivity index (χ1v) is 11.3. The Balaban J connectivity index is 1.65. The molecule has 0 bridgehead atoms. The minimum Gasteiger partial charge on any atom is -0.469 e. The van der Waals surface area contributed by atoms with Crippen molar-refractivity contribution in [2.75, 3.05) is 5.01 Å². The van der Waals surface area contributed by atoms with Crippen molar-refractivity contribution in [3.63, 3.8) is 0 Å². The van der Waals surface area contributed by atoms with E-state index in [-0.39, 0.29) is 5.56 Å². The largest absolute Gasteiger partial charge is 0.469 e. The Morgan fingerprint density at radius 2 is 1.71 bits per heavy atom. The molecule has 0 radical (unpaired) electrons. The summed E-state index contributed by atoms with van der Waals surface area (Å²) in [5, 5.41) is 7.19. The van der Waals surface area contributed by atoms with Crippen LogP contribution in [0.15, 0.2) is 87.1 Å². The van der Waals surface area contributed by atoms with E-state index in [1.807, 2.05) is 24.3 Å². The second kappa shape index (κ2) is 7.45. The van der Waals surface area contributed by atoms with Crippen molar-refractivity contribution in [3.05, 3.63) is 104 Å². The molecule has 0 unspecified atom stereocenters. The fraction of sp³-hybridized carbons (Fsp3) is 0.115. The van der Waals surface area contributed by atoms with Crippen LogP contribution in [0.25, 0.3) is 11.0 Å². The lowest BCUT2D eigenvalue weighted by atomic mass is 9.76. The number of ether oxygens (including phenoxy) is 1. The summed E-state index contributed by atoms with van der Waals surface area (Å²) in [5.74, 6) is -1.02. The van der Waals surface area contributed by atoms with Crippen LogP contribution >= 0.6 is 23.2 Å². The lowest BCUT2D eigenvalue weighted by molar-refractivity contribution is -0.127. The highest BCUT2D eigenvalue weighted by Gasteiger charge is 2.64. The SMILES string of the molecule is CC1=NN(c2ccccc2)C(=O)[C@@]12Oc1c(c(=O)oc3ccccc13)[C@H]2c1ccc(Cl)cc1Cl. The van der Waals surface area contributed by atoms with E-state index in [1.165, 1.54) is 5.01 Å². The van der Waals surface area contributed by atoms with Crippen molar-refractivity contribution in [3.8, 4) is 5.75 Å². The molecule has 2 atom stereocenters. The molecule has 2 aliphatic heterocycles. The monoisotopic (exact) mass is 490 g/mol. The van der Waals surface area contributed by atoms with Gasteiger partial charge in [-0.25, -0.2) is 4.79 Å². The number of carbonyl (C=O) groups is 1. The topological polar surface area (TPSA) is 72.1 Å². The van der Waals surface area contributed by atoms with Crippen molar-refractivity contribution in [1.82, 2.24) is 0 Å². The molecule has 0 saturated carbocycles. The minimum absolute atomic E-state index is 0.223. The molecule has 1 aromatic heterocycles. The average molecular weight is 491 g/mol. The third-order valence-corrected chi connectivity index (χ3v) is 6.89. The molecule has 1 spiro atoms. The van der Waals surface area contributed by atoms with Crippen LogP contribution in [0, 0.1) is 0 Å². The van der Waals surface area contributed by atoms with Gasteiger partial charge in [0.05, 0.1) is 28.3 Å². The van der Waals surface area contributed by atoms with E-state index in [1.54, 1.807) is 55.5 Å². The van der Waals surface area contributed by atoms with E-state index in [4.69, 9.17) is 32.4 Å². The van der Waals surface area contributed by atoms with Gasteiger partial charge in [0, 0.05) is 10.0 Å². The maximum absolute atomic E-state index is 14.1. The number of amides is 1. The fourth-order valence-corrected chi connectivity index (χ4v) is 5.32. The number of nitrogens with zero attached hydrogens (tertiary/aromatic N) is 2. The van der Waals surface area contributed by atoms with Crippen molar-refractivity contribution >= 4 is 51.5 Å². The summed E-state index contributed by atoms with van der Waals surface area (Å²) in [4.78, 5) is 27.4. The summed E-state index contributed by atoms with van der Waals surface area (Å²) >= 11 is 12.8. The lowest BCUT2D eigenvalue weighted by Gasteiger charge is -2.29. The van der Waals surface area contributed by atoms with Crippen LogP contribution in [0.1, 0.15) is 24.0 Å². The van der Waals surface area contributed by atoms with Crippen molar-refractivity contribution in [2.45, 2.75) is 18.4 Å². The van der Waals surface area contributed by atoms with Crippen LogP contribution in [0.5, 0.6) is 5.75 Å². The molecule has 3 aromatic carbocycles. The summed E-state index contributed by atoms with van der Waals surface area (Å²) in [6.07, 6.45) is 0. The number of para-hydroxylation sites is 2. The number of halogens is 2. The minimum atomic E-state index is -1.62. The molecule has 2 aliphatic rings. The zero-order valence-electron chi connectivity index (χ0n) is 17.8. The second-order valence-electron chi connectivity index (χ2n) is 8.20. The molecular weight excluding hydrogens is 475 g/mol. The number of fused-ring (bicyclic) bond motifs is 3. The zero-order valence-corrected chi connectivity index (χ0v) is 19.3. The van der Waals surface area contributed by atoms with Crippen LogP contribution in [-0.4, -0.2) is 17.2 Å². The number of hydrazone groups is 1. The summed E-state index contributed by atoms with van der Waals surface area (Å²) in [6, 6.07) is 21.0. The predicted molar refractivity (Wildman–Crippen MR) is 131 cm³/mol. The van der Waals surface area contributed by atoms with Crippen LogP contribution in [0.4, 0.5) is 5.69 Å². The lowest BCUT2D eigenvalue weighted by Crippen LogP contribution is -2.53. The summed E-state index contributed by atoms with van der Waals surface area (Å²) in [7, 11) is 0. The molecule has 6 nitrogen and oxygen atoms in total. The van der Waals surface area contributed by atoms with Crippen LogP contribution in [-0.2, 0) is 4.79 Å². The molecule has 8 heteroatoms. The van der Waals surface area contributed by atoms with E-state index < -0.39 is 23.1 Å². The Hall–Kier alpha value is -3.61. The van der Waals surface area contributed by atoms with E-state index in [0.29, 0.717) is 43.7 Å². The Labute approximate surface area is 204 Å². The average Bonchev–Trinajstić information content (AvgIpc) is 3.32. The van der Waals surface area contributed by atoms with Crippen molar-refractivity contribution < 1.29 is 13.9 Å². The van der Waals surface area contributed by atoms with Gasteiger partial charge in [-0.15, -0.1) is 0 Å². The van der Waals surface area contributed by atoms with Gasteiger partial charge in [-0.05, 0) is 48.9 Å². The van der Waals surface area contributed by atoms with Gasteiger partial charge < -0.3 is 9.15 Å². The summed E-state index contributed by atoms with van der Waals surface area (Å²) < 4.78 is 12.1. The first kappa shape index (κ1) is 21.0. The van der Waals surface area contributed by atoms with E-state index in [9.17, 15) is 9.59 Å². The van der Waals surface area contributed by atoms with Gasteiger partial charge >= 0.3 is 5.63 Å². The molecule has 6 rings (SSSR count). The maximum Gasteiger partial charge on any atom is 0.344 e. The Morgan fingerprint density at radius 3 is 2.47 bits per heavy atom. The van der Waals surface area contributed by atoms with Gasteiger partial charge in [0.2, 0.25) is 5.60 Å². The standard InChI is InChI=1S/C26H16Cl2N2O4/c1-14-26(25(32)30(29-14)16-7-3-2-4-8-16)22(17-12-11-15(27)13-19(17)28)21-23(34-26)18-9-5-6-10-20(18)33-24(21)31/h2-13,22H,1H3/t22-,26-/m1/s1. The van der Waals surface area contributed by atoms with Gasteiger partial charge in [0.1, 0.15) is 11.3 Å². The van der Waals surface area contributed by atoms with Crippen molar-refractivity contribution in [2.24, 2.45) is 5.10 Å². The van der Waals surface area contributed by atoms with Crippen LogP contribution < -0.4 is 15.4 Å². The predicted octanol–water partition coefficient (Wildman–Crippen LogP) is 5.79. The molecule has 4 aromatic rings. The molecule has 0 aliphatic carbocycles. The molecule has 3 heterocycles. The Bertz CT molecular complexity index is 1580. The Kier molecular flexibility index (Phi) is 4.59. The molecular formula is C26H16Cl2N2O4. The molecule has 0 saturated heterocycles. The summed E-state index contributed by atoms with van der Waals surface area (Å²) in [5.41, 5.74) is -0.122. The van der Waals surface area contributed by atoms with Crippen LogP contribution in [0.2, 0.25) is 10.0 Å². The van der Waals surface area contributed by atoms with Gasteiger partial charge in [-0.2, -0.15) is 10.1 Å². The molecule has 0 N–H and O–H groups in total. The smallest absolute Gasteiger partial charge is 0.344 e. The highest BCUT2D eigenvalue weighted by molar-refractivity contribution is 6.35. The Morgan fingerprint density at radius 1 is 0.971 bits per heavy atom. The second-order valence-corrected chi connectivity index (χ2v) is 9.05. The van der Waals surface area contributed by atoms with E-state index in [2.05, 4.69) is 5.10 Å². The first-order valence-electron chi connectivity index (χ1n) is 10.6. The number of carbonyl (C=O) groups excluding carboxylic acids is 1. The highest BCUT2D eigenvalue weighted by Crippen LogP contribution is 2.54. The first-order chi connectivity index (χ1) is 16.4. The van der Waals surface area contributed by atoms with Gasteiger partial charge in [-0.1, -0.05) is 59.6 Å². The highest BCUT2D eigenvalue weighted by atomic mass is 35.5. The number of benzene rings is 3. The normalized spacial score (nSPS) is 21.1. The maximum atomic E-state index is 14.1. The number of anilines is 1. The molecule has 1 amide bonds. The van der Waals surface area contributed by atoms with E-state index >= 15 is 0 Å².